The van der Waals surface area contributed by atoms with Crippen molar-refractivity contribution in [2.24, 2.45) is 17.8 Å². The van der Waals surface area contributed by atoms with Crippen molar-refractivity contribution in [3.05, 3.63) is 0 Å². The van der Waals surface area contributed by atoms with Crippen LogP contribution in [0.3, 0.4) is 0 Å². The smallest absolute Gasteiger partial charge is 0.293 e. The summed E-state index contributed by atoms with van der Waals surface area (Å²) in [5.74, 6) is 1.85. The van der Waals surface area contributed by atoms with Gasteiger partial charge in [0.1, 0.15) is 0 Å². The van der Waals surface area contributed by atoms with Crippen LogP contribution in [0.2, 0.25) is 0 Å². The fourth-order valence-corrected chi connectivity index (χ4v) is 1.32. The number of ether oxygens (including phenoxy) is 1. The molecule has 78 valence electrons. The van der Waals surface area contributed by atoms with Gasteiger partial charge in [-0.15, -0.1) is 0 Å². The van der Waals surface area contributed by atoms with E-state index < -0.39 is 0 Å². The number of rotatable bonds is 7. The highest BCUT2D eigenvalue weighted by atomic mass is 16.5. The highest BCUT2D eigenvalue weighted by Crippen LogP contribution is 2.19. The van der Waals surface area contributed by atoms with Crippen molar-refractivity contribution in [2.75, 3.05) is 6.61 Å². The van der Waals surface area contributed by atoms with Gasteiger partial charge in [0.15, 0.2) is 0 Å². The molecule has 0 fully saturated rings. The zero-order valence-electron chi connectivity index (χ0n) is 9.25. The van der Waals surface area contributed by atoms with Crippen LogP contribution >= 0.6 is 0 Å². The molecule has 0 amide bonds. The summed E-state index contributed by atoms with van der Waals surface area (Å²) < 4.78 is 4.81. The van der Waals surface area contributed by atoms with E-state index in [2.05, 4.69) is 27.7 Å². The minimum absolute atomic E-state index is 0.521. The van der Waals surface area contributed by atoms with Crippen molar-refractivity contribution in [1.82, 2.24) is 0 Å². The largest absolute Gasteiger partial charge is 0.468 e. The molecule has 2 heteroatoms. The van der Waals surface area contributed by atoms with Gasteiger partial charge in [-0.3, -0.25) is 4.79 Å². The number of hydrogen-bond donors (Lipinski definition) is 0. The van der Waals surface area contributed by atoms with Gasteiger partial charge in [-0.05, 0) is 24.2 Å². The van der Waals surface area contributed by atoms with Crippen LogP contribution in [-0.2, 0) is 9.53 Å². The number of hydrogen-bond acceptors (Lipinski definition) is 2. The van der Waals surface area contributed by atoms with Crippen molar-refractivity contribution < 1.29 is 9.53 Å². The molecule has 1 atom stereocenters. The lowest BCUT2D eigenvalue weighted by molar-refractivity contribution is -0.130. The molecule has 0 aromatic rings. The van der Waals surface area contributed by atoms with Crippen LogP contribution in [0.4, 0.5) is 0 Å². The molecule has 1 unspecified atom stereocenters. The molecule has 0 bridgehead atoms. The predicted molar refractivity (Wildman–Crippen MR) is 54.4 cm³/mol. The Kier molecular flexibility index (Phi) is 6.65. The van der Waals surface area contributed by atoms with E-state index in [1.807, 2.05) is 0 Å². The summed E-state index contributed by atoms with van der Waals surface area (Å²) in [6, 6.07) is 0. The summed E-state index contributed by atoms with van der Waals surface area (Å²) in [5, 5.41) is 0. The maximum Gasteiger partial charge on any atom is 0.293 e. The van der Waals surface area contributed by atoms with E-state index in [1.54, 1.807) is 0 Å². The van der Waals surface area contributed by atoms with Crippen LogP contribution in [-0.4, -0.2) is 13.1 Å². The third-order valence-electron chi connectivity index (χ3n) is 2.44. The molecule has 13 heavy (non-hydrogen) atoms. The molecule has 0 rings (SSSR count). The van der Waals surface area contributed by atoms with E-state index >= 15 is 0 Å². The molecule has 0 heterocycles. The van der Waals surface area contributed by atoms with Crippen molar-refractivity contribution in [2.45, 2.75) is 40.5 Å². The lowest BCUT2D eigenvalue weighted by Gasteiger charge is -2.20. The predicted octanol–water partition coefficient (Wildman–Crippen LogP) is 2.87. The first-order valence-corrected chi connectivity index (χ1v) is 5.13. The molecule has 0 saturated carbocycles. The van der Waals surface area contributed by atoms with E-state index in [0.717, 1.165) is 12.3 Å². The van der Waals surface area contributed by atoms with Crippen molar-refractivity contribution in [1.29, 1.82) is 0 Å². The molecule has 0 aliphatic heterocycles. The number of carbonyl (C=O) groups excluding carboxylic acids is 1. The summed E-state index contributed by atoms with van der Waals surface area (Å²) in [5.41, 5.74) is 0. The summed E-state index contributed by atoms with van der Waals surface area (Å²) in [6.07, 6.45) is 2.37. The van der Waals surface area contributed by atoms with Gasteiger partial charge in [-0.2, -0.15) is 0 Å². The Bertz CT molecular complexity index is 130. The lowest BCUT2D eigenvalue weighted by atomic mass is 9.89. The standard InChI is InChI=1S/C11H22O2/c1-9(2)5-6-11(10(3)4)7-13-8-12/h8-11H,5-7H2,1-4H3. The van der Waals surface area contributed by atoms with Crippen molar-refractivity contribution in [3.8, 4) is 0 Å². The summed E-state index contributed by atoms with van der Waals surface area (Å²) in [6.45, 7) is 9.92. The summed E-state index contributed by atoms with van der Waals surface area (Å²) >= 11 is 0. The van der Waals surface area contributed by atoms with E-state index in [4.69, 9.17) is 4.74 Å². The van der Waals surface area contributed by atoms with E-state index in [9.17, 15) is 4.79 Å². The molecule has 0 aliphatic carbocycles. The Hall–Kier alpha value is -0.530. The Morgan fingerprint density at radius 2 is 1.77 bits per heavy atom. The van der Waals surface area contributed by atoms with Crippen molar-refractivity contribution >= 4 is 6.47 Å². The highest BCUT2D eigenvalue weighted by molar-refractivity contribution is 5.36. The van der Waals surface area contributed by atoms with E-state index in [0.29, 0.717) is 24.9 Å². The van der Waals surface area contributed by atoms with Gasteiger partial charge in [0.05, 0.1) is 6.61 Å². The van der Waals surface area contributed by atoms with Gasteiger partial charge in [-0.1, -0.05) is 34.1 Å². The second-order valence-corrected chi connectivity index (χ2v) is 4.40. The molecule has 0 radical (unpaired) electrons. The average molecular weight is 186 g/mol. The van der Waals surface area contributed by atoms with E-state index in [-0.39, 0.29) is 0 Å². The summed E-state index contributed by atoms with van der Waals surface area (Å²) in [7, 11) is 0. The van der Waals surface area contributed by atoms with Gasteiger partial charge < -0.3 is 4.74 Å². The first-order chi connectivity index (χ1) is 6.07. The molecule has 0 aliphatic rings. The molecular weight excluding hydrogens is 164 g/mol. The summed E-state index contributed by atoms with van der Waals surface area (Å²) in [4.78, 5) is 10.0. The first-order valence-electron chi connectivity index (χ1n) is 5.13. The van der Waals surface area contributed by atoms with Gasteiger partial charge in [-0.25, -0.2) is 0 Å². The third kappa shape index (κ3) is 6.62. The van der Waals surface area contributed by atoms with Gasteiger partial charge >= 0.3 is 0 Å². The third-order valence-corrected chi connectivity index (χ3v) is 2.44. The Balaban J connectivity index is 3.73. The molecular formula is C11H22O2. The van der Waals surface area contributed by atoms with Crippen molar-refractivity contribution in [3.63, 3.8) is 0 Å². The Labute approximate surface area is 81.7 Å². The zero-order chi connectivity index (χ0) is 10.3. The van der Waals surface area contributed by atoms with E-state index in [1.165, 1.54) is 6.42 Å². The first kappa shape index (κ1) is 12.5. The Morgan fingerprint density at radius 1 is 1.15 bits per heavy atom. The quantitative estimate of drug-likeness (QED) is 0.571. The van der Waals surface area contributed by atoms with Crippen LogP contribution in [0.15, 0.2) is 0 Å². The molecule has 0 spiro atoms. The number of carbonyl (C=O) groups is 1. The zero-order valence-corrected chi connectivity index (χ0v) is 9.25. The molecule has 0 aromatic carbocycles. The van der Waals surface area contributed by atoms with Gasteiger partial charge in [0, 0.05) is 0 Å². The molecule has 0 saturated heterocycles. The maximum atomic E-state index is 10.0. The fraction of sp³-hybridized carbons (Fsp3) is 0.909. The molecule has 0 aromatic heterocycles. The molecule has 0 N–H and O–H groups in total. The van der Waals surface area contributed by atoms with Crippen LogP contribution in [0.25, 0.3) is 0 Å². The van der Waals surface area contributed by atoms with Crippen LogP contribution in [0.1, 0.15) is 40.5 Å². The normalized spacial score (nSPS) is 13.4. The maximum absolute atomic E-state index is 10.0. The average Bonchev–Trinajstić information content (AvgIpc) is 2.03. The topological polar surface area (TPSA) is 26.3 Å². The molecule has 2 nitrogen and oxygen atoms in total. The van der Waals surface area contributed by atoms with Crippen LogP contribution in [0, 0.1) is 17.8 Å². The second kappa shape index (κ2) is 6.93. The lowest BCUT2D eigenvalue weighted by Crippen LogP contribution is -2.16. The Morgan fingerprint density at radius 3 is 2.15 bits per heavy atom. The fourth-order valence-electron chi connectivity index (χ4n) is 1.32. The van der Waals surface area contributed by atoms with Crippen LogP contribution in [0.5, 0.6) is 0 Å². The van der Waals surface area contributed by atoms with Gasteiger partial charge in [0.2, 0.25) is 0 Å². The highest BCUT2D eigenvalue weighted by Gasteiger charge is 2.14. The monoisotopic (exact) mass is 186 g/mol. The SMILES string of the molecule is CC(C)CCC(COC=O)C(C)C. The van der Waals surface area contributed by atoms with Crippen LogP contribution < -0.4 is 0 Å². The minimum Gasteiger partial charge on any atom is -0.468 e. The second-order valence-electron chi connectivity index (χ2n) is 4.40. The van der Waals surface area contributed by atoms with Gasteiger partial charge in [0.25, 0.3) is 6.47 Å². The minimum atomic E-state index is 0.521.